The number of hydrogen-bond donors (Lipinski definition) is 1. The van der Waals surface area contributed by atoms with Crippen LogP contribution in [0.15, 0.2) is 42.6 Å². The van der Waals surface area contributed by atoms with Crippen molar-refractivity contribution >= 4 is 22.3 Å². The van der Waals surface area contributed by atoms with Gasteiger partial charge < -0.3 is 0 Å². The number of pyridine rings is 1. The lowest BCUT2D eigenvalue weighted by molar-refractivity contribution is -0.383. The number of aromatic nitrogens is 2. The second-order valence-corrected chi connectivity index (χ2v) is 4.85. The van der Waals surface area contributed by atoms with Gasteiger partial charge in [0.2, 0.25) is 0 Å². The van der Waals surface area contributed by atoms with Gasteiger partial charge in [-0.2, -0.15) is 0 Å². The van der Waals surface area contributed by atoms with Crippen LogP contribution in [-0.2, 0) is 0 Å². The number of non-ortho nitro benzene ring substituents is 1. The predicted octanol–water partition coefficient (Wildman–Crippen LogP) is 3.44. The Kier molecular flexibility index (Phi) is 3.06. The topological polar surface area (TPSA) is 73.0 Å². The molecular formula is C15H14N4O2. The van der Waals surface area contributed by atoms with E-state index in [0.717, 1.165) is 22.5 Å². The summed E-state index contributed by atoms with van der Waals surface area (Å²) in [6.07, 6.45) is 1.56. The molecule has 0 aliphatic carbocycles. The normalized spacial score (nSPS) is 10.8. The number of nitrogens with one attached hydrogen (secondary N) is 1. The van der Waals surface area contributed by atoms with E-state index in [1.807, 2.05) is 36.7 Å². The molecule has 0 aliphatic rings. The van der Waals surface area contributed by atoms with Crippen molar-refractivity contribution in [1.29, 1.82) is 0 Å². The van der Waals surface area contributed by atoms with Gasteiger partial charge in [-0.25, -0.2) is 4.98 Å². The Morgan fingerprint density at radius 2 is 1.86 bits per heavy atom. The molecule has 0 amide bonds. The summed E-state index contributed by atoms with van der Waals surface area (Å²) in [6.45, 7) is 3.98. The Balaban J connectivity index is 2.16. The van der Waals surface area contributed by atoms with Gasteiger partial charge in [0, 0.05) is 29.0 Å². The number of rotatable bonds is 3. The fraction of sp³-hybridized carbons (Fsp3) is 0.133. The third kappa shape index (κ3) is 2.20. The Labute approximate surface area is 121 Å². The van der Waals surface area contributed by atoms with Crippen LogP contribution >= 0.6 is 0 Å². The Hall–Kier alpha value is -2.89. The molecule has 0 atom stereocenters. The van der Waals surface area contributed by atoms with Gasteiger partial charge in [0.05, 0.1) is 10.6 Å². The van der Waals surface area contributed by atoms with E-state index >= 15 is 0 Å². The average molecular weight is 282 g/mol. The van der Waals surface area contributed by atoms with Gasteiger partial charge in [0.25, 0.3) is 5.69 Å². The van der Waals surface area contributed by atoms with Gasteiger partial charge in [-0.05, 0) is 44.2 Å². The van der Waals surface area contributed by atoms with E-state index < -0.39 is 4.92 Å². The van der Waals surface area contributed by atoms with Crippen molar-refractivity contribution in [3.63, 3.8) is 0 Å². The number of nitro groups is 1. The van der Waals surface area contributed by atoms with Gasteiger partial charge in [-0.3, -0.25) is 20.2 Å². The summed E-state index contributed by atoms with van der Waals surface area (Å²) in [6, 6.07) is 10.8. The zero-order chi connectivity index (χ0) is 15.0. The van der Waals surface area contributed by atoms with E-state index in [9.17, 15) is 10.1 Å². The Bertz CT molecular complexity index is 819. The van der Waals surface area contributed by atoms with Crippen LogP contribution in [0, 0.1) is 24.0 Å². The first-order valence-electron chi connectivity index (χ1n) is 6.52. The van der Waals surface area contributed by atoms with Crippen LogP contribution < -0.4 is 5.43 Å². The molecule has 0 unspecified atom stereocenters. The molecule has 0 saturated heterocycles. The predicted molar refractivity (Wildman–Crippen MR) is 81.3 cm³/mol. The summed E-state index contributed by atoms with van der Waals surface area (Å²) >= 11 is 0. The van der Waals surface area contributed by atoms with Crippen LogP contribution in [0.25, 0.3) is 10.9 Å². The molecule has 0 spiro atoms. The van der Waals surface area contributed by atoms with E-state index in [-0.39, 0.29) is 5.69 Å². The fourth-order valence-electron chi connectivity index (χ4n) is 2.37. The zero-order valence-corrected chi connectivity index (χ0v) is 11.7. The lowest BCUT2D eigenvalue weighted by Gasteiger charge is -2.14. The van der Waals surface area contributed by atoms with Crippen LogP contribution in [-0.4, -0.2) is 14.6 Å². The summed E-state index contributed by atoms with van der Waals surface area (Å²) in [4.78, 5) is 14.8. The highest BCUT2D eigenvalue weighted by atomic mass is 16.6. The van der Waals surface area contributed by atoms with E-state index in [2.05, 4.69) is 10.4 Å². The molecule has 0 radical (unpaired) electrons. The van der Waals surface area contributed by atoms with Gasteiger partial charge >= 0.3 is 0 Å². The van der Waals surface area contributed by atoms with Crippen molar-refractivity contribution in [3.05, 3.63) is 64.1 Å². The molecule has 21 heavy (non-hydrogen) atoms. The Morgan fingerprint density at radius 3 is 2.52 bits per heavy atom. The van der Waals surface area contributed by atoms with Gasteiger partial charge in [-0.15, -0.1) is 0 Å². The van der Waals surface area contributed by atoms with Crippen LogP contribution in [0.3, 0.4) is 0 Å². The van der Waals surface area contributed by atoms with Crippen molar-refractivity contribution in [1.82, 2.24) is 9.66 Å². The van der Waals surface area contributed by atoms with Crippen molar-refractivity contribution < 1.29 is 4.92 Å². The molecule has 1 aromatic carbocycles. The first-order chi connectivity index (χ1) is 10.1. The van der Waals surface area contributed by atoms with E-state index in [4.69, 9.17) is 0 Å². The second kappa shape index (κ2) is 4.90. The molecule has 6 heteroatoms. The monoisotopic (exact) mass is 282 g/mol. The minimum absolute atomic E-state index is 0.0112. The fourth-order valence-corrected chi connectivity index (χ4v) is 2.37. The summed E-state index contributed by atoms with van der Waals surface area (Å²) < 4.78 is 1.94. The standard InChI is InChI=1S/C15H14N4O2/c1-10-5-6-11(2)18(10)17-13-7-8-14(19(20)21)15-12(13)4-3-9-16-15/h3-9,17H,1-2H3. The first kappa shape index (κ1) is 13.1. The smallest absolute Gasteiger partial charge is 0.294 e. The van der Waals surface area contributed by atoms with Crippen LogP contribution in [0.1, 0.15) is 11.4 Å². The number of anilines is 1. The molecule has 3 aromatic rings. The van der Waals surface area contributed by atoms with Crippen LogP contribution in [0.4, 0.5) is 11.4 Å². The van der Waals surface area contributed by atoms with Crippen molar-refractivity contribution in [2.24, 2.45) is 0 Å². The highest BCUT2D eigenvalue weighted by Crippen LogP contribution is 2.30. The average Bonchev–Trinajstić information content (AvgIpc) is 2.79. The van der Waals surface area contributed by atoms with Crippen molar-refractivity contribution in [2.45, 2.75) is 13.8 Å². The number of aryl methyl sites for hydroxylation is 2. The SMILES string of the molecule is Cc1ccc(C)n1Nc1ccc([N+](=O)[O-])c2ncccc12. The molecule has 106 valence electrons. The molecule has 0 bridgehead atoms. The first-order valence-corrected chi connectivity index (χ1v) is 6.52. The molecule has 6 nitrogen and oxygen atoms in total. The highest BCUT2D eigenvalue weighted by Gasteiger charge is 2.15. The van der Waals surface area contributed by atoms with Crippen LogP contribution in [0.2, 0.25) is 0 Å². The molecule has 2 aromatic heterocycles. The van der Waals surface area contributed by atoms with Gasteiger partial charge in [0.1, 0.15) is 5.52 Å². The third-order valence-electron chi connectivity index (χ3n) is 3.45. The lowest BCUT2D eigenvalue weighted by atomic mass is 10.1. The number of benzene rings is 1. The summed E-state index contributed by atoms with van der Waals surface area (Å²) in [5, 5.41) is 11.8. The molecule has 0 aliphatic heterocycles. The molecule has 0 fully saturated rings. The summed E-state index contributed by atoms with van der Waals surface area (Å²) in [7, 11) is 0. The third-order valence-corrected chi connectivity index (χ3v) is 3.45. The minimum atomic E-state index is -0.411. The second-order valence-electron chi connectivity index (χ2n) is 4.85. The molecule has 3 rings (SSSR count). The zero-order valence-electron chi connectivity index (χ0n) is 11.7. The van der Waals surface area contributed by atoms with Gasteiger partial charge in [-0.1, -0.05) is 0 Å². The quantitative estimate of drug-likeness (QED) is 0.590. The maximum atomic E-state index is 11.1. The lowest BCUT2D eigenvalue weighted by Crippen LogP contribution is -2.12. The number of hydrogen-bond acceptors (Lipinski definition) is 4. The minimum Gasteiger partial charge on any atom is -0.294 e. The summed E-state index contributed by atoms with van der Waals surface area (Å²) in [5.41, 5.74) is 6.58. The van der Waals surface area contributed by atoms with E-state index in [1.54, 1.807) is 18.3 Å². The molecular weight excluding hydrogens is 268 g/mol. The number of nitrogens with zero attached hydrogens (tertiary/aromatic N) is 3. The maximum absolute atomic E-state index is 11.1. The van der Waals surface area contributed by atoms with E-state index in [1.165, 1.54) is 6.07 Å². The highest BCUT2D eigenvalue weighted by molar-refractivity contribution is 5.96. The molecule has 2 heterocycles. The molecule has 0 saturated carbocycles. The number of fused-ring (bicyclic) bond motifs is 1. The van der Waals surface area contributed by atoms with E-state index in [0.29, 0.717) is 5.52 Å². The largest absolute Gasteiger partial charge is 0.295 e. The van der Waals surface area contributed by atoms with Crippen molar-refractivity contribution in [2.75, 3.05) is 5.43 Å². The number of nitro benzene ring substituents is 1. The van der Waals surface area contributed by atoms with Gasteiger partial charge in [0.15, 0.2) is 0 Å². The van der Waals surface area contributed by atoms with Crippen molar-refractivity contribution in [3.8, 4) is 0 Å². The van der Waals surface area contributed by atoms with Crippen LogP contribution in [0.5, 0.6) is 0 Å². The molecule has 1 N–H and O–H groups in total. The Morgan fingerprint density at radius 1 is 1.14 bits per heavy atom. The summed E-state index contributed by atoms with van der Waals surface area (Å²) in [5.74, 6) is 0. The maximum Gasteiger partial charge on any atom is 0.295 e.